The summed E-state index contributed by atoms with van der Waals surface area (Å²) in [5, 5.41) is 6.50. The lowest BCUT2D eigenvalue weighted by Gasteiger charge is -2.16. The van der Waals surface area contributed by atoms with Gasteiger partial charge < -0.3 is 10.6 Å². The van der Waals surface area contributed by atoms with Crippen LogP contribution in [0.5, 0.6) is 0 Å². The van der Waals surface area contributed by atoms with Crippen molar-refractivity contribution in [2.24, 2.45) is 0 Å². The summed E-state index contributed by atoms with van der Waals surface area (Å²) in [6, 6.07) is 7.50. The fraction of sp³-hybridized carbons (Fsp3) is 0.350. The van der Waals surface area contributed by atoms with E-state index in [1.165, 1.54) is 16.6 Å². The van der Waals surface area contributed by atoms with Crippen LogP contribution in [0.15, 0.2) is 43.1 Å². The molecule has 0 saturated carbocycles. The minimum Gasteiger partial charge on any atom is -0.350 e. The standard InChI is InChI=1S/C20H25N5O3S/c1-4-17(26)11-15-7-5-6-8-18(15)23-19-14(2)12-21-20(24-19)22-16-9-10-25(13-16)29(3,27)28/h4-8,12,16H,1,9-11,13H2,2-3H3,(H2,21,22,23,24)/t16-/m0/s1. The van der Waals surface area contributed by atoms with Crippen molar-refractivity contribution >= 4 is 33.3 Å². The van der Waals surface area contributed by atoms with Crippen molar-refractivity contribution in [1.82, 2.24) is 14.3 Å². The van der Waals surface area contributed by atoms with Gasteiger partial charge in [0.2, 0.25) is 16.0 Å². The van der Waals surface area contributed by atoms with Crippen LogP contribution in [-0.4, -0.2) is 53.9 Å². The van der Waals surface area contributed by atoms with Gasteiger partial charge in [-0.2, -0.15) is 4.98 Å². The lowest BCUT2D eigenvalue weighted by atomic mass is 10.1. The number of rotatable bonds is 8. The predicted octanol–water partition coefficient (Wildman–Crippen LogP) is 2.27. The number of hydrogen-bond acceptors (Lipinski definition) is 7. The maximum atomic E-state index is 11.8. The second-order valence-electron chi connectivity index (χ2n) is 7.11. The predicted molar refractivity (Wildman–Crippen MR) is 114 cm³/mol. The third-order valence-corrected chi connectivity index (χ3v) is 6.06. The summed E-state index contributed by atoms with van der Waals surface area (Å²) in [6.45, 7) is 6.30. The van der Waals surface area contributed by atoms with E-state index in [0.29, 0.717) is 31.3 Å². The minimum absolute atomic E-state index is 0.0437. The van der Waals surface area contributed by atoms with E-state index in [9.17, 15) is 13.2 Å². The van der Waals surface area contributed by atoms with Gasteiger partial charge in [-0.25, -0.2) is 17.7 Å². The Labute approximate surface area is 171 Å². The van der Waals surface area contributed by atoms with E-state index < -0.39 is 10.0 Å². The molecule has 0 aliphatic carbocycles. The van der Waals surface area contributed by atoms with Crippen LogP contribution >= 0.6 is 0 Å². The maximum absolute atomic E-state index is 11.8. The van der Waals surface area contributed by atoms with Crippen LogP contribution in [0.2, 0.25) is 0 Å². The highest BCUT2D eigenvalue weighted by Crippen LogP contribution is 2.24. The Bertz CT molecular complexity index is 1020. The van der Waals surface area contributed by atoms with Crippen LogP contribution in [0.25, 0.3) is 0 Å². The van der Waals surface area contributed by atoms with Crippen LogP contribution in [0.4, 0.5) is 17.5 Å². The number of anilines is 3. The van der Waals surface area contributed by atoms with Gasteiger partial charge in [-0.1, -0.05) is 24.8 Å². The third-order valence-electron chi connectivity index (χ3n) is 4.79. The van der Waals surface area contributed by atoms with Crippen LogP contribution in [0, 0.1) is 6.92 Å². The van der Waals surface area contributed by atoms with Gasteiger partial charge in [-0.05, 0) is 31.1 Å². The van der Waals surface area contributed by atoms with Gasteiger partial charge >= 0.3 is 0 Å². The molecule has 2 aromatic rings. The molecule has 1 aliphatic heterocycles. The van der Waals surface area contributed by atoms with E-state index in [1.807, 2.05) is 31.2 Å². The van der Waals surface area contributed by atoms with Crippen LogP contribution in [0.3, 0.4) is 0 Å². The molecule has 29 heavy (non-hydrogen) atoms. The van der Waals surface area contributed by atoms with Crippen molar-refractivity contribution in [3.8, 4) is 0 Å². The van der Waals surface area contributed by atoms with E-state index in [4.69, 9.17) is 0 Å². The molecule has 1 fully saturated rings. The van der Waals surface area contributed by atoms with Crippen molar-refractivity contribution in [2.45, 2.75) is 25.8 Å². The molecule has 1 aliphatic rings. The number of aromatic nitrogens is 2. The Hall–Kier alpha value is -2.78. The number of aryl methyl sites for hydroxylation is 1. The molecule has 1 aromatic heterocycles. The normalized spacial score (nSPS) is 17.1. The van der Waals surface area contributed by atoms with E-state index in [1.54, 1.807) is 6.20 Å². The van der Waals surface area contributed by atoms with Crippen LogP contribution < -0.4 is 10.6 Å². The van der Waals surface area contributed by atoms with E-state index in [0.717, 1.165) is 16.8 Å². The first-order valence-electron chi connectivity index (χ1n) is 9.31. The quantitative estimate of drug-likeness (QED) is 0.637. The highest BCUT2D eigenvalue weighted by molar-refractivity contribution is 7.88. The zero-order valence-corrected chi connectivity index (χ0v) is 17.4. The Balaban J connectivity index is 1.75. The zero-order valence-electron chi connectivity index (χ0n) is 16.6. The summed E-state index contributed by atoms with van der Waals surface area (Å²) in [5.41, 5.74) is 2.49. The lowest BCUT2D eigenvalue weighted by Crippen LogP contribution is -2.31. The summed E-state index contributed by atoms with van der Waals surface area (Å²) in [5.74, 6) is 0.995. The van der Waals surface area contributed by atoms with Gasteiger partial charge in [-0.15, -0.1) is 0 Å². The van der Waals surface area contributed by atoms with Gasteiger partial charge in [0.15, 0.2) is 5.78 Å². The first kappa shape index (κ1) is 20.9. The lowest BCUT2D eigenvalue weighted by molar-refractivity contribution is -0.114. The third kappa shape index (κ3) is 5.39. The number of hydrogen-bond donors (Lipinski definition) is 2. The number of para-hydroxylation sites is 1. The van der Waals surface area contributed by atoms with Crippen molar-refractivity contribution in [3.05, 3.63) is 54.2 Å². The molecule has 0 bridgehead atoms. The second kappa shape index (κ2) is 8.71. The number of allylic oxidation sites excluding steroid dienone is 1. The molecule has 0 amide bonds. The molecule has 1 atom stereocenters. The van der Waals surface area contributed by atoms with Gasteiger partial charge in [0.05, 0.1) is 6.26 Å². The number of ketones is 1. The fourth-order valence-corrected chi connectivity index (χ4v) is 4.04. The topological polar surface area (TPSA) is 104 Å². The Morgan fingerprint density at radius 1 is 1.38 bits per heavy atom. The molecule has 1 saturated heterocycles. The Morgan fingerprint density at radius 3 is 2.83 bits per heavy atom. The van der Waals surface area contributed by atoms with Gasteiger partial charge in [0.1, 0.15) is 5.82 Å². The average Bonchev–Trinajstić information content (AvgIpc) is 3.15. The van der Waals surface area contributed by atoms with Crippen molar-refractivity contribution < 1.29 is 13.2 Å². The molecule has 154 valence electrons. The maximum Gasteiger partial charge on any atom is 0.224 e. The van der Waals surface area contributed by atoms with E-state index in [2.05, 4.69) is 27.2 Å². The zero-order chi connectivity index (χ0) is 21.0. The monoisotopic (exact) mass is 415 g/mol. The van der Waals surface area contributed by atoms with Crippen molar-refractivity contribution in [1.29, 1.82) is 0 Å². The molecule has 3 rings (SSSR count). The smallest absolute Gasteiger partial charge is 0.224 e. The van der Waals surface area contributed by atoms with Gasteiger partial charge in [-0.3, -0.25) is 4.79 Å². The summed E-state index contributed by atoms with van der Waals surface area (Å²) >= 11 is 0. The van der Waals surface area contributed by atoms with Crippen molar-refractivity contribution in [2.75, 3.05) is 30.0 Å². The van der Waals surface area contributed by atoms with Crippen LogP contribution in [0.1, 0.15) is 17.5 Å². The number of nitrogens with zero attached hydrogens (tertiary/aromatic N) is 3. The molecular weight excluding hydrogens is 390 g/mol. The average molecular weight is 416 g/mol. The number of sulfonamides is 1. The van der Waals surface area contributed by atoms with Gasteiger partial charge in [0, 0.05) is 43.0 Å². The second-order valence-corrected chi connectivity index (χ2v) is 9.09. The number of nitrogens with one attached hydrogen (secondary N) is 2. The highest BCUT2D eigenvalue weighted by Gasteiger charge is 2.28. The first-order chi connectivity index (χ1) is 13.8. The molecule has 2 N–H and O–H groups in total. The van der Waals surface area contributed by atoms with Crippen LogP contribution in [-0.2, 0) is 21.2 Å². The minimum atomic E-state index is -3.19. The largest absolute Gasteiger partial charge is 0.350 e. The molecule has 0 unspecified atom stereocenters. The Morgan fingerprint density at radius 2 is 2.14 bits per heavy atom. The summed E-state index contributed by atoms with van der Waals surface area (Å²) in [7, 11) is -3.19. The van der Waals surface area contributed by atoms with E-state index >= 15 is 0 Å². The molecule has 0 spiro atoms. The highest BCUT2D eigenvalue weighted by atomic mass is 32.2. The molecule has 0 radical (unpaired) electrons. The fourth-order valence-electron chi connectivity index (χ4n) is 3.15. The first-order valence-corrected chi connectivity index (χ1v) is 11.2. The number of benzene rings is 1. The summed E-state index contributed by atoms with van der Waals surface area (Å²) < 4.78 is 24.8. The number of carbonyl (C=O) groups is 1. The SMILES string of the molecule is C=CC(=O)Cc1ccccc1Nc1nc(N[C@H]2CCN(S(C)(=O)=O)C2)ncc1C. The molecule has 2 heterocycles. The Kier molecular flexibility index (Phi) is 6.29. The molecule has 9 heteroatoms. The molecule has 8 nitrogen and oxygen atoms in total. The summed E-state index contributed by atoms with van der Waals surface area (Å²) in [4.78, 5) is 20.6. The van der Waals surface area contributed by atoms with E-state index in [-0.39, 0.29) is 18.2 Å². The number of carbonyl (C=O) groups excluding carboxylic acids is 1. The summed E-state index contributed by atoms with van der Waals surface area (Å²) in [6.07, 6.45) is 5.19. The van der Waals surface area contributed by atoms with Gasteiger partial charge in [0.25, 0.3) is 0 Å². The molecule has 1 aromatic carbocycles. The van der Waals surface area contributed by atoms with Crippen molar-refractivity contribution in [3.63, 3.8) is 0 Å². The molecular formula is C20H25N5O3S.